The lowest BCUT2D eigenvalue weighted by atomic mass is 9.99. The van der Waals surface area contributed by atoms with E-state index in [0.29, 0.717) is 18.7 Å². The lowest BCUT2D eigenvalue weighted by molar-refractivity contribution is 0.0785. The van der Waals surface area contributed by atoms with Crippen LogP contribution in [0.15, 0.2) is 72.8 Å². The molecule has 192 valence electrons. The Bertz CT molecular complexity index is 1260. The molecule has 0 spiro atoms. The lowest BCUT2D eigenvalue weighted by Crippen LogP contribution is -2.49. The summed E-state index contributed by atoms with van der Waals surface area (Å²) in [5, 5.41) is 0. The number of benzene rings is 3. The Hall–Kier alpha value is -4.04. The molecule has 37 heavy (non-hydrogen) atoms. The molecular formula is C29H32N4O4. The van der Waals surface area contributed by atoms with Crippen molar-refractivity contribution in [3.05, 3.63) is 89.5 Å². The molecule has 0 bridgehead atoms. The molecule has 0 saturated carbocycles. The molecule has 0 aliphatic carbocycles. The third-order valence-corrected chi connectivity index (χ3v) is 7.03. The molecule has 0 radical (unpaired) electrons. The molecule has 2 aliphatic rings. The van der Waals surface area contributed by atoms with E-state index in [0.717, 1.165) is 54.1 Å². The SMILES string of the molecule is CONc1cc(C(=O)N(C)Cc2ccccc2)ccc1N1CCC(N2C(=O)OCc3ccccc32)CC1. The van der Waals surface area contributed by atoms with Crippen molar-refractivity contribution in [2.75, 3.05) is 42.5 Å². The number of carbonyl (C=O) groups is 2. The van der Waals surface area contributed by atoms with Crippen molar-refractivity contribution >= 4 is 29.1 Å². The lowest BCUT2D eigenvalue weighted by Gasteiger charge is -2.41. The van der Waals surface area contributed by atoms with Crippen molar-refractivity contribution < 1.29 is 19.2 Å². The van der Waals surface area contributed by atoms with Crippen LogP contribution >= 0.6 is 0 Å². The molecule has 0 atom stereocenters. The highest BCUT2D eigenvalue weighted by atomic mass is 16.6. The highest BCUT2D eigenvalue weighted by Gasteiger charge is 2.34. The van der Waals surface area contributed by atoms with Crippen molar-refractivity contribution in [3.63, 3.8) is 0 Å². The highest BCUT2D eigenvalue weighted by Crippen LogP contribution is 2.35. The van der Waals surface area contributed by atoms with E-state index < -0.39 is 0 Å². The van der Waals surface area contributed by atoms with Gasteiger partial charge in [-0.2, -0.15) is 0 Å². The molecule has 3 aromatic carbocycles. The van der Waals surface area contributed by atoms with Crippen LogP contribution in [0, 0.1) is 0 Å². The summed E-state index contributed by atoms with van der Waals surface area (Å²) in [7, 11) is 3.37. The Kier molecular flexibility index (Phi) is 7.28. The zero-order valence-corrected chi connectivity index (χ0v) is 21.2. The van der Waals surface area contributed by atoms with Gasteiger partial charge in [0.25, 0.3) is 5.91 Å². The van der Waals surface area contributed by atoms with Gasteiger partial charge in [-0.15, -0.1) is 0 Å². The van der Waals surface area contributed by atoms with Crippen molar-refractivity contribution in [1.29, 1.82) is 0 Å². The fourth-order valence-corrected chi connectivity index (χ4v) is 5.17. The maximum absolute atomic E-state index is 13.1. The van der Waals surface area contributed by atoms with Gasteiger partial charge in [0, 0.05) is 43.9 Å². The Morgan fingerprint density at radius 3 is 2.51 bits per heavy atom. The van der Waals surface area contributed by atoms with E-state index >= 15 is 0 Å². The van der Waals surface area contributed by atoms with Gasteiger partial charge in [-0.05, 0) is 42.7 Å². The van der Waals surface area contributed by atoms with Gasteiger partial charge < -0.3 is 14.5 Å². The quantitative estimate of drug-likeness (QED) is 0.457. The second kappa shape index (κ2) is 10.9. The zero-order valence-electron chi connectivity index (χ0n) is 21.2. The van der Waals surface area contributed by atoms with Crippen LogP contribution in [-0.2, 0) is 22.7 Å². The third-order valence-electron chi connectivity index (χ3n) is 7.03. The Labute approximate surface area is 217 Å². The molecule has 1 saturated heterocycles. The molecule has 0 aromatic heterocycles. The number of rotatable bonds is 7. The normalized spacial score (nSPS) is 15.7. The van der Waals surface area contributed by atoms with Gasteiger partial charge >= 0.3 is 6.09 Å². The maximum Gasteiger partial charge on any atom is 0.414 e. The van der Waals surface area contributed by atoms with Gasteiger partial charge in [-0.25, -0.2) is 4.79 Å². The zero-order chi connectivity index (χ0) is 25.8. The van der Waals surface area contributed by atoms with Crippen LogP contribution in [-0.4, -0.2) is 50.2 Å². The van der Waals surface area contributed by atoms with E-state index in [1.807, 2.05) is 77.7 Å². The summed E-state index contributed by atoms with van der Waals surface area (Å²) in [5.74, 6) is -0.0597. The van der Waals surface area contributed by atoms with Gasteiger partial charge in [-0.1, -0.05) is 48.5 Å². The minimum absolute atomic E-state index is 0.0597. The van der Waals surface area contributed by atoms with Gasteiger partial charge in [0.05, 0.1) is 24.2 Å². The number of anilines is 3. The summed E-state index contributed by atoms with van der Waals surface area (Å²) in [6.45, 7) is 2.37. The topological polar surface area (TPSA) is 74.4 Å². The monoisotopic (exact) mass is 500 g/mol. The minimum Gasteiger partial charge on any atom is -0.444 e. The third kappa shape index (κ3) is 5.24. The molecule has 3 aromatic rings. The minimum atomic E-state index is -0.277. The summed E-state index contributed by atoms with van der Waals surface area (Å²) < 4.78 is 5.44. The average Bonchev–Trinajstić information content (AvgIpc) is 2.93. The first-order valence-corrected chi connectivity index (χ1v) is 12.6. The first-order chi connectivity index (χ1) is 18.0. The Balaban J connectivity index is 1.29. The number of fused-ring (bicyclic) bond motifs is 1. The van der Waals surface area contributed by atoms with E-state index in [-0.39, 0.29) is 18.0 Å². The van der Waals surface area contributed by atoms with E-state index in [2.05, 4.69) is 10.4 Å². The molecule has 1 N–H and O–H groups in total. The predicted molar refractivity (Wildman–Crippen MR) is 144 cm³/mol. The Morgan fingerprint density at radius 1 is 1.03 bits per heavy atom. The van der Waals surface area contributed by atoms with Crippen LogP contribution in [0.4, 0.5) is 21.9 Å². The van der Waals surface area contributed by atoms with Crippen LogP contribution < -0.4 is 15.3 Å². The average molecular weight is 501 g/mol. The summed E-state index contributed by atoms with van der Waals surface area (Å²) >= 11 is 0. The van der Waals surface area contributed by atoms with E-state index in [1.54, 1.807) is 19.1 Å². The summed E-state index contributed by atoms with van der Waals surface area (Å²) in [6, 6.07) is 23.6. The van der Waals surface area contributed by atoms with E-state index in [1.165, 1.54) is 0 Å². The molecule has 0 unspecified atom stereocenters. The highest BCUT2D eigenvalue weighted by molar-refractivity contribution is 5.96. The number of nitrogens with one attached hydrogen (secondary N) is 1. The van der Waals surface area contributed by atoms with Crippen LogP contribution in [0.1, 0.15) is 34.3 Å². The molecule has 8 heteroatoms. The molecule has 2 aliphatic heterocycles. The molecular weight excluding hydrogens is 468 g/mol. The summed E-state index contributed by atoms with van der Waals surface area (Å²) in [5.41, 5.74) is 8.30. The van der Waals surface area contributed by atoms with Gasteiger partial charge in [0.15, 0.2) is 0 Å². The van der Waals surface area contributed by atoms with Gasteiger partial charge in [0.2, 0.25) is 0 Å². The molecule has 2 heterocycles. The molecule has 8 nitrogen and oxygen atoms in total. The summed E-state index contributed by atoms with van der Waals surface area (Å²) in [6.07, 6.45) is 1.33. The van der Waals surface area contributed by atoms with Crippen LogP contribution in [0.5, 0.6) is 0 Å². The number of nitrogens with zero attached hydrogens (tertiary/aromatic N) is 3. The predicted octanol–water partition coefficient (Wildman–Crippen LogP) is 5.06. The van der Waals surface area contributed by atoms with E-state index in [4.69, 9.17) is 9.57 Å². The van der Waals surface area contributed by atoms with Crippen LogP contribution in [0.3, 0.4) is 0 Å². The van der Waals surface area contributed by atoms with Crippen LogP contribution in [0.25, 0.3) is 0 Å². The number of carbonyl (C=O) groups excluding carboxylic acids is 2. The van der Waals surface area contributed by atoms with Crippen molar-refractivity contribution in [1.82, 2.24) is 4.90 Å². The molecule has 2 amide bonds. The molecule has 5 rings (SSSR count). The van der Waals surface area contributed by atoms with Crippen molar-refractivity contribution in [3.8, 4) is 0 Å². The maximum atomic E-state index is 13.1. The fraction of sp³-hybridized carbons (Fsp3) is 0.310. The first kappa shape index (κ1) is 24.6. The number of cyclic esters (lactones) is 1. The second-order valence-corrected chi connectivity index (χ2v) is 9.46. The van der Waals surface area contributed by atoms with Crippen LogP contribution in [0.2, 0.25) is 0 Å². The number of ether oxygens (including phenoxy) is 1. The number of amides is 2. The summed E-state index contributed by atoms with van der Waals surface area (Å²) in [4.78, 5) is 36.8. The number of hydrogen-bond acceptors (Lipinski definition) is 6. The fourth-order valence-electron chi connectivity index (χ4n) is 5.17. The van der Waals surface area contributed by atoms with Gasteiger partial charge in [-0.3, -0.25) is 20.0 Å². The van der Waals surface area contributed by atoms with E-state index in [9.17, 15) is 9.59 Å². The number of para-hydroxylation sites is 1. The Morgan fingerprint density at radius 2 is 1.76 bits per heavy atom. The standard InChI is InChI=1S/C29H32N4O4/c1-31(19-21-8-4-3-5-9-21)28(34)22-12-13-27(25(18-22)30-36-2)32-16-14-24(15-17-32)33-26-11-7-6-10-23(26)20-37-29(33)35/h3-13,18,24,30H,14-17,19-20H2,1-2H3. The largest absolute Gasteiger partial charge is 0.444 e. The van der Waals surface area contributed by atoms with Gasteiger partial charge in [0.1, 0.15) is 6.61 Å². The first-order valence-electron chi connectivity index (χ1n) is 12.6. The number of hydrogen-bond donors (Lipinski definition) is 1. The molecule has 1 fully saturated rings. The van der Waals surface area contributed by atoms with Crippen molar-refractivity contribution in [2.24, 2.45) is 0 Å². The second-order valence-electron chi connectivity index (χ2n) is 9.46. The number of piperidine rings is 1. The smallest absolute Gasteiger partial charge is 0.414 e. The van der Waals surface area contributed by atoms with Crippen molar-refractivity contribution in [2.45, 2.75) is 32.0 Å².